The minimum atomic E-state index is -0.236. The number of carbonyl (C=O) groups excluding carboxylic acids is 2. The topological polar surface area (TPSA) is 61.9 Å². The number of likely N-dealkylation sites (N-methyl/N-ethyl adjacent to an activating group) is 1. The molecule has 2 amide bonds. The van der Waals surface area contributed by atoms with Gasteiger partial charge in [0, 0.05) is 29.7 Å². The van der Waals surface area contributed by atoms with Crippen LogP contribution in [0.4, 0.5) is 11.4 Å². The number of hydrogen-bond donors (Lipinski definition) is 1. The number of hydrogen-bond acceptors (Lipinski definition) is 4. The number of nitrogens with one attached hydrogen (secondary N) is 1. The Morgan fingerprint density at radius 2 is 2.00 bits per heavy atom. The zero-order chi connectivity index (χ0) is 20.5. The molecule has 2 aliphatic rings. The molecule has 2 aliphatic heterocycles. The van der Waals surface area contributed by atoms with Gasteiger partial charge in [-0.2, -0.15) is 0 Å². The van der Waals surface area contributed by atoms with Crippen molar-refractivity contribution in [2.45, 2.75) is 6.61 Å². The monoisotopic (exact) mass is 431 g/mol. The molecule has 0 aromatic heterocycles. The fraction of sp³-hybridized carbons (Fsp3) is 0.238. The van der Waals surface area contributed by atoms with Crippen molar-refractivity contribution in [3.63, 3.8) is 0 Å². The van der Waals surface area contributed by atoms with Crippen molar-refractivity contribution in [1.29, 1.82) is 0 Å². The molecular weight excluding hydrogens is 413 g/mol. The Morgan fingerprint density at radius 3 is 2.83 bits per heavy atom. The Labute approximate surface area is 178 Å². The van der Waals surface area contributed by atoms with Crippen molar-refractivity contribution in [3.05, 3.63) is 57.6 Å². The number of ether oxygens (including phenoxy) is 1. The van der Waals surface area contributed by atoms with Gasteiger partial charge in [0.25, 0.3) is 0 Å². The summed E-state index contributed by atoms with van der Waals surface area (Å²) in [4.78, 5) is 27.4. The Hall–Kier alpha value is -2.70. The number of amides is 2. The molecule has 2 heterocycles. The van der Waals surface area contributed by atoms with Gasteiger partial charge >= 0.3 is 0 Å². The summed E-state index contributed by atoms with van der Waals surface area (Å²) in [5.74, 6) is 0.256. The van der Waals surface area contributed by atoms with Gasteiger partial charge in [-0.3, -0.25) is 14.5 Å². The number of fused-ring (bicyclic) bond motifs is 1. The first-order valence-electron chi connectivity index (χ1n) is 9.13. The van der Waals surface area contributed by atoms with Crippen molar-refractivity contribution in [1.82, 2.24) is 5.32 Å². The summed E-state index contributed by atoms with van der Waals surface area (Å²) >= 11 is 13.0. The van der Waals surface area contributed by atoms with Gasteiger partial charge in [0.2, 0.25) is 11.8 Å². The average molecular weight is 432 g/mol. The highest BCUT2D eigenvalue weighted by atomic mass is 35.5. The lowest BCUT2D eigenvalue weighted by Gasteiger charge is -2.28. The maximum atomic E-state index is 12.2. The first-order valence-corrected chi connectivity index (χ1v) is 9.88. The molecule has 2 aromatic rings. The normalized spacial score (nSPS) is 16.0. The molecule has 0 spiro atoms. The van der Waals surface area contributed by atoms with Gasteiger partial charge in [-0.25, -0.2) is 0 Å². The molecule has 4 rings (SSSR count). The third-order valence-corrected chi connectivity index (χ3v) is 5.73. The lowest BCUT2D eigenvalue weighted by atomic mass is 10.1. The van der Waals surface area contributed by atoms with E-state index in [1.807, 2.05) is 25.2 Å². The molecule has 2 aromatic carbocycles. The first kappa shape index (κ1) is 19.6. The summed E-state index contributed by atoms with van der Waals surface area (Å²) in [5.41, 5.74) is 3.09. The molecule has 6 nitrogen and oxygen atoms in total. The molecule has 150 valence electrons. The van der Waals surface area contributed by atoms with Crippen LogP contribution in [0.25, 0.3) is 6.08 Å². The molecule has 0 radical (unpaired) electrons. The van der Waals surface area contributed by atoms with Crippen LogP contribution in [0.2, 0.25) is 10.0 Å². The van der Waals surface area contributed by atoms with Crippen LogP contribution in [-0.2, 0) is 16.2 Å². The van der Waals surface area contributed by atoms with Gasteiger partial charge in [0.05, 0.1) is 22.9 Å². The first-order chi connectivity index (χ1) is 14.0. The van der Waals surface area contributed by atoms with Crippen molar-refractivity contribution >= 4 is 52.5 Å². The zero-order valence-corrected chi connectivity index (χ0v) is 17.3. The summed E-state index contributed by atoms with van der Waals surface area (Å²) in [6.07, 6.45) is 4.16. The summed E-state index contributed by atoms with van der Waals surface area (Å²) in [6.45, 7) is 0.792. The minimum absolute atomic E-state index is 0.0559. The predicted molar refractivity (Wildman–Crippen MR) is 115 cm³/mol. The zero-order valence-electron chi connectivity index (χ0n) is 15.7. The van der Waals surface area contributed by atoms with Crippen LogP contribution in [0.1, 0.15) is 11.1 Å². The molecule has 0 aliphatic carbocycles. The Balaban J connectivity index is 1.63. The quantitative estimate of drug-likeness (QED) is 0.804. The molecule has 0 unspecified atom stereocenters. The smallest absolute Gasteiger partial charge is 0.246 e. The number of piperazine rings is 1. The van der Waals surface area contributed by atoms with E-state index in [9.17, 15) is 9.59 Å². The predicted octanol–water partition coefficient (Wildman–Crippen LogP) is 3.50. The lowest BCUT2D eigenvalue weighted by Crippen LogP contribution is -2.51. The molecule has 1 N–H and O–H groups in total. The number of nitrogens with zero attached hydrogens (tertiary/aromatic N) is 2. The highest BCUT2D eigenvalue weighted by Crippen LogP contribution is 2.38. The number of rotatable bonds is 4. The van der Waals surface area contributed by atoms with Crippen LogP contribution in [0.3, 0.4) is 0 Å². The van der Waals surface area contributed by atoms with Gasteiger partial charge in [-0.05, 0) is 18.2 Å². The van der Waals surface area contributed by atoms with E-state index in [0.717, 1.165) is 23.5 Å². The third-order valence-electron chi connectivity index (χ3n) is 4.96. The van der Waals surface area contributed by atoms with E-state index in [1.54, 1.807) is 12.1 Å². The van der Waals surface area contributed by atoms with E-state index in [0.29, 0.717) is 21.3 Å². The fourth-order valence-corrected chi connectivity index (χ4v) is 4.06. The Morgan fingerprint density at radius 1 is 1.17 bits per heavy atom. The number of para-hydroxylation sites is 1. The van der Waals surface area contributed by atoms with E-state index in [-0.39, 0.29) is 31.5 Å². The van der Waals surface area contributed by atoms with E-state index in [4.69, 9.17) is 27.9 Å². The Bertz CT molecular complexity index is 1020. The second-order valence-electron chi connectivity index (χ2n) is 6.88. The molecule has 1 saturated heterocycles. The lowest BCUT2D eigenvalue weighted by molar-refractivity contribution is -0.128. The van der Waals surface area contributed by atoms with Gasteiger partial charge in [0.1, 0.15) is 18.9 Å². The third kappa shape index (κ3) is 3.78. The molecule has 0 saturated carbocycles. The minimum Gasteiger partial charge on any atom is -0.487 e. The van der Waals surface area contributed by atoms with Crippen molar-refractivity contribution < 1.29 is 14.3 Å². The second-order valence-corrected chi connectivity index (χ2v) is 7.67. The summed E-state index contributed by atoms with van der Waals surface area (Å²) in [5, 5.41) is 3.26. The maximum absolute atomic E-state index is 12.2. The van der Waals surface area contributed by atoms with Crippen molar-refractivity contribution in [3.8, 4) is 5.75 Å². The summed E-state index contributed by atoms with van der Waals surface area (Å²) in [7, 11) is 2.00. The largest absolute Gasteiger partial charge is 0.487 e. The van der Waals surface area contributed by atoms with E-state index < -0.39 is 0 Å². The summed E-state index contributed by atoms with van der Waals surface area (Å²) in [6, 6.07) is 9.17. The molecule has 0 bridgehead atoms. The van der Waals surface area contributed by atoms with Crippen LogP contribution in [0.5, 0.6) is 5.75 Å². The number of benzene rings is 2. The SMILES string of the molecule is CN1CC=Cc2cccc(OCc3c(Cl)ccc(N4CC(=O)NCC4=O)c3Cl)c21. The van der Waals surface area contributed by atoms with E-state index in [2.05, 4.69) is 22.4 Å². The average Bonchev–Trinajstić information content (AvgIpc) is 2.70. The van der Waals surface area contributed by atoms with Crippen LogP contribution in [0.15, 0.2) is 36.4 Å². The molecule has 0 atom stereocenters. The Kier molecular flexibility index (Phi) is 5.39. The molecule has 29 heavy (non-hydrogen) atoms. The molecule has 8 heteroatoms. The summed E-state index contributed by atoms with van der Waals surface area (Å²) < 4.78 is 6.09. The van der Waals surface area contributed by atoms with Gasteiger partial charge in [0.15, 0.2) is 0 Å². The molecular formula is C21H19Cl2N3O3. The highest BCUT2D eigenvalue weighted by Gasteiger charge is 2.27. The number of halogens is 2. The van der Waals surface area contributed by atoms with Gasteiger partial charge in [-0.15, -0.1) is 0 Å². The van der Waals surface area contributed by atoms with Crippen LogP contribution >= 0.6 is 23.2 Å². The highest BCUT2D eigenvalue weighted by molar-refractivity contribution is 6.38. The molecule has 1 fully saturated rings. The standard InChI is InChI=1S/C21H19Cl2N3O3/c1-25-9-3-5-13-4-2-6-17(21(13)25)29-12-14-15(22)7-8-16(20(14)23)26-11-18(27)24-10-19(26)28/h2-8H,9-12H2,1H3,(H,24,27). The van der Waals surface area contributed by atoms with E-state index in [1.165, 1.54) is 4.90 Å². The van der Waals surface area contributed by atoms with E-state index >= 15 is 0 Å². The van der Waals surface area contributed by atoms with Crippen molar-refractivity contribution in [2.75, 3.05) is 36.5 Å². The van der Waals surface area contributed by atoms with Crippen LogP contribution in [0, 0.1) is 0 Å². The van der Waals surface area contributed by atoms with Gasteiger partial charge < -0.3 is 15.0 Å². The van der Waals surface area contributed by atoms with Crippen LogP contribution in [-0.4, -0.2) is 38.5 Å². The second kappa shape index (κ2) is 7.97. The maximum Gasteiger partial charge on any atom is 0.246 e. The fourth-order valence-electron chi connectivity index (χ4n) is 3.48. The van der Waals surface area contributed by atoms with Gasteiger partial charge in [-0.1, -0.05) is 47.5 Å². The van der Waals surface area contributed by atoms with Crippen LogP contribution < -0.4 is 19.9 Å². The van der Waals surface area contributed by atoms with Crippen molar-refractivity contribution in [2.24, 2.45) is 0 Å². The number of carbonyl (C=O) groups is 2. The number of anilines is 2.